The summed E-state index contributed by atoms with van der Waals surface area (Å²) in [5.74, 6) is 0. The molecule has 10 rings (SSSR count). The summed E-state index contributed by atoms with van der Waals surface area (Å²) >= 11 is 0. The molecule has 286 valence electrons. The normalized spacial score (nSPS) is 11.6. The van der Waals surface area contributed by atoms with E-state index in [0.717, 1.165) is 27.5 Å². The topological polar surface area (TPSA) is 52.5 Å². The fraction of sp³-hybridized carbons (Fsp3) is 0. The molecule has 0 bridgehead atoms. The second-order valence-corrected chi connectivity index (χ2v) is 23.1. The van der Waals surface area contributed by atoms with E-state index in [2.05, 4.69) is 235 Å². The molecule has 0 N–H and O–H groups in total. The maximum atomic E-state index is 10.1. The van der Waals surface area contributed by atoms with Gasteiger partial charge < -0.3 is 4.57 Å². The molecule has 1 aromatic heterocycles. The lowest BCUT2D eigenvalue weighted by Crippen LogP contribution is -2.74. The second-order valence-electron chi connectivity index (χ2n) is 15.5. The first-order valence-electron chi connectivity index (χ1n) is 20.5. The van der Waals surface area contributed by atoms with Gasteiger partial charge in [0.05, 0.1) is 34.3 Å². The van der Waals surface area contributed by atoms with Crippen molar-refractivity contribution in [2.24, 2.45) is 0 Å². The first-order chi connectivity index (χ1) is 30.2. The van der Waals surface area contributed by atoms with Crippen molar-refractivity contribution >= 4 is 79.4 Å². The fourth-order valence-corrected chi connectivity index (χ4v) is 19.3. The van der Waals surface area contributed by atoms with Crippen molar-refractivity contribution in [3.63, 3.8) is 0 Å². The minimum Gasteiger partial charge on any atom is -0.309 e. The van der Waals surface area contributed by atoms with Gasteiger partial charge in [0, 0.05) is 16.5 Å². The smallest absolute Gasteiger partial charge is 0.179 e. The first-order valence-corrected chi connectivity index (χ1v) is 24.5. The zero-order chi connectivity index (χ0) is 41.2. The zero-order valence-electron chi connectivity index (χ0n) is 33.4. The molecule has 0 fully saturated rings. The van der Waals surface area contributed by atoms with Crippen LogP contribution in [0.1, 0.15) is 11.1 Å². The van der Waals surface area contributed by atoms with Gasteiger partial charge >= 0.3 is 0 Å². The molecule has 9 aromatic carbocycles. The second kappa shape index (κ2) is 15.7. The van der Waals surface area contributed by atoms with E-state index in [1.165, 1.54) is 41.5 Å². The minimum absolute atomic E-state index is 0.449. The van der Waals surface area contributed by atoms with E-state index in [4.69, 9.17) is 0 Å². The summed E-state index contributed by atoms with van der Waals surface area (Å²) in [4.78, 5) is 0. The van der Waals surface area contributed by atoms with Gasteiger partial charge in [-0.25, -0.2) is 0 Å². The highest BCUT2D eigenvalue weighted by Gasteiger charge is 2.43. The first kappa shape index (κ1) is 37.5. The summed E-state index contributed by atoms with van der Waals surface area (Å²) < 4.78 is 2.24. The molecular weight excluding hydrogens is 771 g/mol. The third kappa shape index (κ3) is 6.15. The van der Waals surface area contributed by atoms with E-state index < -0.39 is 16.1 Å². The van der Waals surface area contributed by atoms with Gasteiger partial charge in [0.1, 0.15) is 0 Å². The molecule has 0 aliphatic carbocycles. The number of benzene rings is 9. The molecule has 0 radical (unpaired) electrons. The molecule has 61 heavy (non-hydrogen) atoms. The third-order valence-electron chi connectivity index (χ3n) is 12.3. The highest BCUT2D eigenvalue weighted by atomic mass is 28.3. The fourth-order valence-electron chi connectivity index (χ4n) is 9.77. The SMILES string of the molecule is N#Cc1cc(C#N)cc(-n2c3ccc([Si](c4ccccc4)(c4ccccc4)c4ccccc4)cc3c3cc([Si](c4ccccc4)(c4ccccc4)c4ccccc4)ccc32)c1. The minimum atomic E-state index is -2.90. The highest BCUT2D eigenvalue weighted by molar-refractivity contribution is 7.20. The summed E-state index contributed by atoms with van der Waals surface area (Å²) in [6.45, 7) is 0. The molecule has 0 spiro atoms. The van der Waals surface area contributed by atoms with E-state index in [1.54, 1.807) is 6.07 Å². The van der Waals surface area contributed by atoms with Crippen LogP contribution in [-0.2, 0) is 0 Å². The lowest BCUT2D eigenvalue weighted by molar-refractivity contribution is 1.17. The molecule has 0 atom stereocenters. The van der Waals surface area contributed by atoms with Gasteiger partial charge in [-0.3, -0.25) is 0 Å². The quantitative estimate of drug-likeness (QED) is 0.114. The number of aromatic nitrogens is 1. The molecule has 0 saturated heterocycles. The molecule has 0 aliphatic rings. The van der Waals surface area contributed by atoms with Crippen LogP contribution in [0.15, 0.2) is 237 Å². The molecular formula is C56H39N3Si2. The van der Waals surface area contributed by atoms with Crippen LogP contribution in [0.3, 0.4) is 0 Å². The summed E-state index contributed by atoms with van der Waals surface area (Å²) in [5, 5.41) is 32.9. The monoisotopic (exact) mass is 809 g/mol. The van der Waals surface area contributed by atoms with Gasteiger partial charge in [0.25, 0.3) is 0 Å². The van der Waals surface area contributed by atoms with Crippen LogP contribution in [0.4, 0.5) is 0 Å². The van der Waals surface area contributed by atoms with Crippen LogP contribution in [0, 0.1) is 22.7 Å². The number of hydrogen-bond donors (Lipinski definition) is 0. The van der Waals surface area contributed by atoms with Crippen LogP contribution in [-0.4, -0.2) is 20.7 Å². The van der Waals surface area contributed by atoms with Crippen molar-refractivity contribution in [1.29, 1.82) is 10.5 Å². The van der Waals surface area contributed by atoms with Crippen LogP contribution < -0.4 is 41.5 Å². The molecule has 0 amide bonds. The number of rotatable bonds is 9. The van der Waals surface area contributed by atoms with E-state index >= 15 is 0 Å². The summed E-state index contributed by atoms with van der Waals surface area (Å²) in [5.41, 5.74) is 3.71. The number of fused-ring (bicyclic) bond motifs is 3. The van der Waals surface area contributed by atoms with Gasteiger partial charge in [-0.15, -0.1) is 0 Å². The predicted octanol–water partition coefficient (Wildman–Crippen LogP) is 7.28. The lowest BCUT2D eigenvalue weighted by atomic mass is 10.1. The van der Waals surface area contributed by atoms with Crippen molar-refractivity contribution in [2.75, 3.05) is 0 Å². The Bertz CT molecular complexity index is 2840. The molecule has 5 heteroatoms. The van der Waals surface area contributed by atoms with E-state index in [0.29, 0.717) is 11.1 Å². The number of hydrogen-bond acceptors (Lipinski definition) is 2. The van der Waals surface area contributed by atoms with Gasteiger partial charge in [-0.05, 0) is 71.8 Å². The third-order valence-corrected chi connectivity index (χ3v) is 21.9. The highest BCUT2D eigenvalue weighted by Crippen LogP contribution is 2.33. The molecule has 0 saturated carbocycles. The Labute approximate surface area is 358 Å². The zero-order valence-corrected chi connectivity index (χ0v) is 35.4. The molecule has 10 aromatic rings. The summed E-state index contributed by atoms with van der Waals surface area (Å²) in [6, 6.07) is 90.3. The van der Waals surface area contributed by atoms with Crippen molar-refractivity contribution in [2.45, 2.75) is 0 Å². The molecule has 1 heterocycles. The summed E-state index contributed by atoms with van der Waals surface area (Å²) in [6.07, 6.45) is 0. The largest absolute Gasteiger partial charge is 0.309 e. The number of nitrogens with zero attached hydrogens (tertiary/aromatic N) is 3. The Hall–Kier alpha value is -7.81. The Morgan fingerprint density at radius 2 is 0.574 bits per heavy atom. The lowest BCUT2D eigenvalue weighted by Gasteiger charge is -2.34. The Kier molecular flexibility index (Phi) is 9.67. The molecule has 0 aliphatic heterocycles. The van der Waals surface area contributed by atoms with E-state index in [-0.39, 0.29) is 0 Å². The van der Waals surface area contributed by atoms with Crippen LogP contribution in [0.2, 0.25) is 0 Å². The Balaban J connectivity index is 1.36. The molecule has 0 unspecified atom stereocenters. The van der Waals surface area contributed by atoms with Crippen LogP contribution in [0.5, 0.6) is 0 Å². The maximum Gasteiger partial charge on any atom is 0.179 e. The van der Waals surface area contributed by atoms with E-state index in [9.17, 15) is 10.5 Å². The molecule has 3 nitrogen and oxygen atoms in total. The maximum absolute atomic E-state index is 10.1. The number of nitriles is 2. The van der Waals surface area contributed by atoms with Crippen molar-refractivity contribution < 1.29 is 0 Å². The van der Waals surface area contributed by atoms with Crippen molar-refractivity contribution in [3.05, 3.63) is 248 Å². The van der Waals surface area contributed by atoms with Gasteiger partial charge in [0.15, 0.2) is 16.1 Å². The Morgan fingerprint density at radius 1 is 0.295 bits per heavy atom. The van der Waals surface area contributed by atoms with Gasteiger partial charge in [0.2, 0.25) is 0 Å². The average molecular weight is 810 g/mol. The van der Waals surface area contributed by atoms with Gasteiger partial charge in [-0.2, -0.15) is 10.5 Å². The standard InChI is InChI=1S/C56H39N3Si2/c57-40-42-35-43(41-58)37-44(36-42)59-55-33-31-51(60(45-19-7-1-8-20-45,46-21-9-2-10-22-46)47-23-11-3-12-24-47)38-53(55)54-39-52(32-34-56(54)59)61(48-25-13-4-14-26-48,49-27-15-5-16-28-49)50-29-17-6-18-30-50/h1-39H. The predicted molar refractivity (Wildman–Crippen MR) is 257 cm³/mol. The van der Waals surface area contributed by atoms with Gasteiger partial charge in [-0.1, -0.05) is 206 Å². The van der Waals surface area contributed by atoms with Crippen LogP contribution in [0.25, 0.3) is 27.5 Å². The average Bonchev–Trinajstić information content (AvgIpc) is 3.67. The van der Waals surface area contributed by atoms with Crippen molar-refractivity contribution in [1.82, 2.24) is 4.57 Å². The van der Waals surface area contributed by atoms with Crippen LogP contribution >= 0.6 is 0 Å². The Morgan fingerprint density at radius 3 is 0.836 bits per heavy atom. The summed E-state index contributed by atoms with van der Waals surface area (Å²) in [7, 11) is -5.80. The van der Waals surface area contributed by atoms with Crippen molar-refractivity contribution in [3.8, 4) is 17.8 Å². The van der Waals surface area contributed by atoms with E-state index in [1.807, 2.05) is 12.1 Å².